The highest BCUT2D eigenvalue weighted by molar-refractivity contribution is 9.11. The number of hydrogen-bond acceptors (Lipinski definition) is 6. The summed E-state index contributed by atoms with van der Waals surface area (Å²) >= 11 is 27.2. The van der Waals surface area contributed by atoms with Crippen LogP contribution in [-0.2, 0) is 14.3 Å². The number of esters is 2. The Morgan fingerprint density at radius 3 is 1.39 bits per heavy atom. The van der Waals surface area contributed by atoms with Gasteiger partial charge in [-0.1, -0.05) is 0 Å². The zero-order valence-corrected chi connectivity index (χ0v) is 24.0. The van der Waals surface area contributed by atoms with E-state index in [1.165, 1.54) is 40.6 Å². The van der Waals surface area contributed by atoms with Crippen LogP contribution in [0.3, 0.4) is 0 Å². The molecule has 0 heterocycles. The van der Waals surface area contributed by atoms with Crippen LogP contribution in [-0.4, -0.2) is 45.2 Å². The molecule has 11 heteroatoms. The molecule has 0 amide bonds. The van der Waals surface area contributed by atoms with E-state index in [1.807, 2.05) is 0 Å². The second-order valence-corrected chi connectivity index (χ2v) is 10.2. The first-order chi connectivity index (χ1) is 15.4. The molecule has 0 aliphatic heterocycles. The van der Waals surface area contributed by atoms with Crippen LogP contribution in [0.25, 0.3) is 0 Å². The Morgan fingerprint density at radius 1 is 0.818 bits per heavy atom. The molecule has 0 radical (unpaired) electrons. The number of ether oxygens (including phenoxy) is 4. The Balaban J connectivity index is 3.04. The van der Waals surface area contributed by atoms with Crippen molar-refractivity contribution in [3.63, 3.8) is 0 Å². The first-order valence-electron chi connectivity index (χ1n) is 9.30. The molecule has 0 N–H and O–H groups in total. The van der Waals surface area contributed by atoms with E-state index >= 15 is 0 Å². The van der Waals surface area contributed by atoms with Gasteiger partial charge in [-0.2, -0.15) is 0 Å². The number of halogens is 5. The van der Waals surface area contributed by atoms with Gasteiger partial charge in [0.15, 0.2) is 0 Å². The molecule has 6 nitrogen and oxygen atoms in total. The molecule has 2 aromatic rings. The maximum Gasteiger partial charge on any atom is 0.341 e. The molecule has 0 unspecified atom stereocenters. The summed E-state index contributed by atoms with van der Waals surface area (Å²) < 4.78 is 21.6. The van der Waals surface area contributed by atoms with Crippen molar-refractivity contribution in [2.75, 3.05) is 28.4 Å². The zero-order chi connectivity index (χ0) is 25.2. The molecule has 0 fully saturated rings. The van der Waals surface area contributed by atoms with Crippen LogP contribution in [0.5, 0.6) is 11.5 Å². The second-order valence-electron chi connectivity index (χ2n) is 6.88. The smallest absolute Gasteiger partial charge is 0.341 e. The Bertz CT molecular complexity index is 1030. The van der Waals surface area contributed by atoms with Crippen molar-refractivity contribution in [2.45, 2.75) is 23.6 Å². The van der Waals surface area contributed by atoms with Gasteiger partial charge in [0, 0.05) is 0 Å². The number of methoxy groups -OCH3 is 4. The minimum absolute atomic E-state index is 0.116. The van der Waals surface area contributed by atoms with Crippen molar-refractivity contribution < 1.29 is 28.5 Å². The third-order valence-electron chi connectivity index (χ3n) is 5.24. The standard InChI is InChI=1S/C22H21Br2Cl3O6/c1-9-13(7-11(19(28)32-5)17(30-3)15(9)23)22(27,21(25)26)14-8-12(20(29)33-6)18(31-4)16(24)10(14)2/h7-8,21H,1-6H3. The SMILES string of the molecule is COC(=O)c1cc(C(Cl)(c2cc(C(=O)OC)c(OC)c(Br)c2C)C(Cl)Cl)c(C)c(Br)c1OC. The quantitative estimate of drug-likeness (QED) is 0.246. The highest BCUT2D eigenvalue weighted by atomic mass is 79.9. The summed E-state index contributed by atoms with van der Waals surface area (Å²) in [6, 6.07) is 3.04. The average Bonchev–Trinajstić information content (AvgIpc) is 2.80. The van der Waals surface area contributed by atoms with Crippen LogP contribution in [0.1, 0.15) is 43.0 Å². The monoisotopic (exact) mass is 644 g/mol. The number of carbonyl (C=O) groups is 2. The van der Waals surface area contributed by atoms with Gasteiger partial charge in [-0.25, -0.2) is 9.59 Å². The zero-order valence-electron chi connectivity index (χ0n) is 18.6. The second kappa shape index (κ2) is 11.0. The first kappa shape index (κ1) is 28.1. The molecule has 33 heavy (non-hydrogen) atoms. The predicted octanol–water partition coefficient (Wildman–Crippen LogP) is 6.70. The molecule has 0 aliphatic rings. The number of alkyl halides is 3. The molecule has 0 bridgehead atoms. The molecule has 0 aliphatic carbocycles. The molecule has 0 spiro atoms. The van der Waals surface area contributed by atoms with E-state index in [0.29, 0.717) is 31.2 Å². The molecular weight excluding hydrogens is 626 g/mol. The van der Waals surface area contributed by atoms with Crippen LogP contribution in [0.15, 0.2) is 21.1 Å². The van der Waals surface area contributed by atoms with E-state index in [1.54, 1.807) is 13.8 Å². The Hall–Kier alpha value is -1.19. The summed E-state index contributed by atoms with van der Waals surface area (Å²) in [5.41, 5.74) is 2.28. The van der Waals surface area contributed by atoms with Crippen molar-refractivity contribution in [1.29, 1.82) is 0 Å². The lowest BCUT2D eigenvalue weighted by Gasteiger charge is -2.34. The van der Waals surface area contributed by atoms with Gasteiger partial charge in [-0.15, -0.1) is 34.8 Å². The summed E-state index contributed by atoms with van der Waals surface area (Å²) in [5, 5.41) is 0. The van der Waals surface area contributed by atoms with Gasteiger partial charge in [0.2, 0.25) is 0 Å². The van der Waals surface area contributed by atoms with Crippen molar-refractivity contribution >= 4 is 78.6 Å². The fraction of sp³-hybridized carbons (Fsp3) is 0.364. The van der Waals surface area contributed by atoms with Crippen molar-refractivity contribution in [3.05, 3.63) is 54.5 Å². The number of hydrogen-bond donors (Lipinski definition) is 0. The summed E-state index contributed by atoms with van der Waals surface area (Å²) in [4.78, 5) is 22.2. The summed E-state index contributed by atoms with van der Waals surface area (Å²) in [6.07, 6.45) is 0. The van der Waals surface area contributed by atoms with Crippen molar-refractivity contribution in [2.24, 2.45) is 0 Å². The lowest BCUT2D eigenvalue weighted by Crippen LogP contribution is -2.31. The molecule has 0 aromatic heterocycles. The van der Waals surface area contributed by atoms with Crippen LogP contribution < -0.4 is 9.47 Å². The van der Waals surface area contributed by atoms with Crippen molar-refractivity contribution in [1.82, 2.24) is 0 Å². The first-order valence-corrected chi connectivity index (χ1v) is 12.1. The molecular formula is C22H21Br2Cl3O6. The van der Waals surface area contributed by atoms with E-state index in [9.17, 15) is 9.59 Å². The highest BCUT2D eigenvalue weighted by Crippen LogP contribution is 2.52. The van der Waals surface area contributed by atoms with Gasteiger partial charge in [0.1, 0.15) is 32.3 Å². The molecule has 0 saturated carbocycles. The maximum absolute atomic E-state index is 12.5. The van der Waals surface area contributed by atoms with Gasteiger partial charge >= 0.3 is 11.9 Å². The van der Waals surface area contributed by atoms with E-state index < -0.39 is 21.6 Å². The van der Waals surface area contributed by atoms with Crippen LogP contribution in [0, 0.1) is 13.8 Å². The van der Waals surface area contributed by atoms with E-state index in [2.05, 4.69) is 31.9 Å². The van der Waals surface area contributed by atoms with Crippen molar-refractivity contribution in [3.8, 4) is 11.5 Å². The lowest BCUT2D eigenvalue weighted by atomic mass is 9.84. The van der Waals surface area contributed by atoms with E-state index in [0.717, 1.165) is 0 Å². The van der Waals surface area contributed by atoms with Crippen LogP contribution in [0.2, 0.25) is 0 Å². The Labute approximate surface area is 224 Å². The minimum atomic E-state index is -1.60. The Morgan fingerprint density at radius 2 is 1.15 bits per heavy atom. The van der Waals surface area contributed by atoms with Gasteiger partial charge < -0.3 is 18.9 Å². The Kier molecular flexibility index (Phi) is 9.38. The third kappa shape index (κ3) is 4.82. The van der Waals surface area contributed by atoms with E-state index in [-0.39, 0.29) is 22.6 Å². The lowest BCUT2D eigenvalue weighted by molar-refractivity contribution is 0.0587. The predicted molar refractivity (Wildman–Crippen MR) is 136 cm³/mol. The molecule has 0 saturated heterocycles. The van der Waals surface area contributed by atoms with E-state index in [4.69, 9.17) is 53.8 Å². The molecule has 0 atom stereocenters. The third-order valence-corrected chi connectivity index (χ3v) is 8.65. The highest BCUT2D eigenvalue weighted by Gasteiger charge is 2.44. The summed E-state index contributed by atoms with van der Waals surface area (Å²) in [5.74, 6) is -0.746. The molecule has 180 valence electrons. The van der Waals surface area contributed by atoms with Crippen LogP contribution in [0.4, 0.5) is 0 Å². The van der Waals surface area contributed by atoms with Gasteiger partial charge in [-0.05, 0) is 80.1 Å². The average molecular weight is 648 g/mol. The van der Waals surface area contributed by atoms with Gasteiger partial charge in [-0.3, -0.25) is 0 Å². The summed E-state index contributed by atoms with van der Waals surface area (Å²) in [6.45, 7) is 3.54. The fourth-order valence-corrected chi connectivity index (χ4v) is 5.55. The normalized spacial score (nSPS) is 11.4. The largest absolute Gasteiger partial charge is 0.495 e. The number of carbonyl (C=O) groups excluding carboxylic acids is 2. The number of benzene rings is 2. The minimum Gasteiger partial charge on any atom is -0.495 e. The van der Waals surface area contributed by atoms with Gasteiger partial charge in [0.05, 0.1) is 37.4 Å². The molecule has 2 rings (SSSR count). The molecule has 2 aromatic carbocycles. The van der Waals surface area contributed by atoms with Crippen LogP contribution >= 0.6 is 66.7 Å². The topological polar surface area (TPSA) is 71.1 Å². The van der Waals surface area contributed by atoms with Gasteiger partial charge in [0.25, 0.3) is 0 Å². The maximum atomic E-state index is 12.5. The number of rotatable bonds is 7. The summed E-state index contributed by atoms with van der Waals surface area (Å²) in [7, 11) is 5.36. The fourth-order valence-electron chi connectivity index (χ4n) is 3.51.